The number of nitrogens with one attached hydrogen (secondary N) is 1. The summed E-state index contributed by atoms with van der Waals surface area (Å²) >= 11 is 6.36. The Morgan fingerprint density at radius 2 is 1.76 bits per heavy atom. The molecule has 218 valence electrons. The van der Waals surface area contributed by atoms with Gasteiger partial charge < -0.3 is 32.7 Å². The van der Waals surface area contributed by atoms with Gasteiger partial charge in [-0.15, -0.1) is 11.6 Å². The number of nitrogens with two attached hydrogens (primary N) is 3. The van der Waals surface area contributed by atoms with Gasteiger partial charge in [0.15, 0.2) is 17.1 Å². The van der Waals surface area contributed by atoms with Gasteiger partial charge in [0.2, 0.25) is 11.6 Å². The Hall–Kier alpha value is -4.34. The lowest BCUT2D eigenvalue weighted by atomic mass is 9.67. The van der Waals surface area contributed by atoms with Crippen LogP contribution in [-0.2, 0) is 9.59 Å². The maximum Gasteiger partial charge on any atom is 0.519 e. The lowest BCUT2D eigenvalue weighted by Gasteiger charge is -2.49. The van der Waals surface area contributed by atoms with Gasteiger partial charge in [0.05, 0.1) is 28.3 Å². The Kier molecular flexibility index (Phi) is 6.97. The van der Waals surface area contributed by atoms with Crippen molar-refractivity contribution in [3.63, 3.8) is 0 Å². The van der Waals surface area contributed by atoms with E-state index in [1.165, 1.54) is 31.3 Å². The molecule has 1 aromatic heterocycles. The number of hydrogen-bond donors (Lipinski definition) is 6. The number of rotatable bonds is 7. The van der Waals surface area contributed by atoms with Gasteiger partial charge in [0.1, 0.15) is 6.54 Å². The number of carboxylic acids is 1. The summed E-state index contributed by atoms with van der Waals surface area (Å²) in [5.74, 6) is -5.17. The van der Waals surface area contributed by atoms with Crippen LogP contribution < -0.4 is 27.0 Å². The summed E-state index contributed by atoms with van der Waals surface area (Å²) in [5, 5.41) is 22.0. The van der Waals surface area contributed by atoms with E-state index < -0.39 is 93.1 Å². The molecule has 0 radical (unpaired) electrons. The molecule has 9 N–H and O–H groups in total. The predicted octanol–water partition coefficient (Wildman–Crippen LogP) is 1.10. The molecule has 0 bridgehead atoms. The summed E-state index contributed by atoms with van der Waals surface area (Å²) in [6, 6.07) is 3.87. The van der Waals surface area contributed by atoms with Crippen molar-refractivity contribution in [1.82, 2.24) is 14.4 Å². The summed E-state index contributed by atoms with van der Waals surface area (Å²) in [6.45, 7) is -2.00. The average Bonchev–Trinajstić information content (AvgIpc) is 3.38. The number of para-hydroxylation sites is 1. The van der Waals surface area contributed by atoms with Gasteiger partial charge in [-0.1, -0.05) is 30.4 Å². The first-order valence-corrected chi connectivity index (χ1v) is 12.4. The molecular weight excluding hydrogens is 570 g/mol. The molecule has 41 heavy (non-hydrogen) atoms. The van der Waals surface area contributed by atoms with Crippen molar-refractivity contribution in [3.8, 4) is 0 Å². The van der Waals surface area contributed by atoms with Crippen LogP contribution in [0, 0.1) is 0 Å². The van der Waals surface area contributed by atoms with Crippen LogP contribution >= 0.6 is 11.6 Å². The number of hydrogen-bond acceptors (Lipinski definition) is 6. The number of nitrogens with zero attached hydrogens (tertiary/aromatic N) is 2. The van der Waals surface area contributed by atoms with Crippen molar-refractivity contribution < 1.29 is 43.0 Å². The van der Waals surface area contributed by atoms with E-state index in [9.17, 15) is 34.2 Å². The number of amides is 4. The van der Waals surface area contributed by atoms with E-state index in [0.717, 1.165) is 18.2 Å². The fourth-order valence-corrected chi connectivity index (χ4v) is 6.85. The summed E-state index contributed by atoms with van der Waals surface area (Å²) in [6.07, 6.45) is -0.653. The van der Waals surface area contributed by atoms with E-state index in [1.54, 1.807) is 0 Å². The van der Waals surface area contributed by atoms with E-state index in [2.05, 4.69) is 5.32 Å². The highest BCUT2D eigenvalue weighted by molar-refractivity contribution is 6.25. The molecule has 3 unspecified atom stereocenters. The van der Waals surface area contributed by atoms with Crippen LogP contribution in [0.3, 0.4) is 0 Å². The Morgan fingerprint density at radius 3 is 2.27 bits per heavy atom. The van der Waals surface area contributed by atoms with Crippen molar-refractivity contribution >= 4 is 58.1 Å². The highest BCUT2D eigenvalue weighted by Gasteiger charge is 2.85. The zero-order valence-corrected chi connectivity index (χ0v) is 22.2. The second-order valence-corrected chi connectivity index (χ2v) is 10.4. The van der Waals surface area contributed by atoms with Crippen LogP contribution in [0.4, 0.5) is 24.1 Å². The maximum atomic E-state index is 17.9. The Morgan fingerprint density at radius 1 is 1.12 bits per heavy atom. The lowest BCUT2D eigenvalue weighted by Crippen LogP contribution is -2.79. The Balaban J connectivity index is 2.36. The molecule has 4 amide bonds. The number of aromatic nitrogens is 1. The largest absolute Gasteiger partial charge is 0.519 e. The summed E-state index contributed by atoms with van der Waals surface area (Å²) in [7, 11) is 1.29. The van der Waals surface area contributed by atoms with Crippen LogP contribution in [0.25, 0.3) is 10.9 Å². The van der Waals surface area contributed by atoms with Crippen molar-refractivity contribution in [1.29, 1.82) is 0 Å². The minimum Gasteiger partial charge on any atom is -0.476 e. The van der Waals surface area contributed by atoms with Crippen LogP contribution in [0.15, 0.2) is 48.1 Å². The molecule has 4 rings (SSSR count). The number of carboxylic acid groups (broad SMARTS) is 2. The number of fused-ring (bicyclic) bond motifs is 1. The molecule has 16 heteroatoms. The second-order valence-electron chi connectivity index (χ2n) is 9.97. The van der Waals surface area contributed by atoms with Crippen molar-refractivity contribution in [2.45, 2.75) is 28.7 Å². The van der Waals surface area contributed by atoms with Gasteiger partial charge in [-0.05, 0) is 19.2 Å². The standard InChI is InChI=1S/C25H25ClF2N6O7/c1-32-10-23(27)9-24(20(37)38,25(28)13(18(29)35)6-4-8-15(25)26)34(11-23,22(40)41)17-12-5-2-3-7-14(12)33(21(31)39)16(17)19(30)36/h2-8,15,32H,9-11H2,1H3,(H7-,29,30,31,35,36,37,38,39,40,41)/p+1/t15?,23-,24+,25?,34?/m0/s1. The zero-order chi connectivity index (χ0) is 30.7. The first-order chi connectivity index (χ1) is 19.1. The molecular formula is C25H26ClF2N6O7+. The minimum atomic E-state index is -3.70. The number of carbonyl (C=O) groups excluding carboxylic acids is 3. The van der Waals surface area contributed by atoms with Crippen molar-refractivity contribution in [3.05, 3.63) is 53.8 Å². The van der Waals surface area contributed by atoms with E-state index in [4.69, 9.17) is 28.8 Å². The topological polar surface area (TPSA) is 221 Å². The third kappa shape index (κ3) is 3.69. The number of primary amides is 3. The monoisotopic (exact) mass is 595 g/mol. The molecule has 1 aliphatic heterocycles. The smallest absolute Gasteiger partial charge is 0.476 e. The number of carbonyl (C=O) groups is 5. The highest BCUT2D eigenvalue weighted by Crippen LogP contribution is 2.60. The molecule has 1 saturated heterocycles. The fourth-order valence-electron chi connectivity index (χ4n) is 6.47. The normalized spacial score (nSPS) is 31.1. The highest BCUT2D eigenvalue weighted by atomic mass is 35.5. The quantitative estimate of drug-likeness (QED) is 0.200. The molecule has 0 spiro atoms. The fraction of sp³-hybridized carbons (Fsp3) is 0.320. The molecule has 13 nitrogen and oxygen atoms in total. The SMILES string of the molecule is CNC[C@@]1(F)C[C@@](C(=O)O)(C2(F)C(C(N)=O)=CC=CC2Cl)[N+](C(=O)O)(c2c(C(N)=O)n(C(N)=O)c3ccccc23)C1. The van der Waals surface area contributed by atoms with E-state index >= 15 is 8.78 Å². The van der Waals surface area contributed by atoms with Gasteiger partial charge in [-0.3, -0.25) is 14.2 Å². The number of alkyl halides is 3. The molecule has 0 saturated carbocycles. The second kappa shape index (κ2) is 9.64. The van der Waals surface area contributed by atoms with E-state index in [0.29, 0.717) is 4.57 Å². The van der Waals surface area contributed by atoms with Gasteiger partial charge in [-0.25, -0.2) is 18.4 Å². The van der Waals surface area contributed by atoms with Gasteiger partial charge in [0, 0.05) is 6.54 Å². The summed E-state index contributed by atoms with van der Waals surface area (Å²) in [4.78, 5) is 65.1. The molecule has 2 aliphatic rings. The van der Waals surface area contributed by atoms with Crippen LogP contribution in [0.2, 0.25) is 0 Å². The number of aliphatic carboxylic acids is 1. The Bertz CT molecular complexity index is 1590. The molecule has 5 atom stereocenters. The van der Waals surface area contributed by atoms with E-state index in [1.807, 2.05) is 0 Å². The third-order valence-electron chi connectivity index (χ3n) is 7.78. The molecule has 1 fully saturated rings. The number of halogens is 3. The minimum absolute atomic E-state index is 0.198. The van der Waals surface area contributed by atoms with Gasteiger partial charge in [0.25, 0.3) is 11.4 Å². The van der Waals surface area contributed by atoms with Crippen molar-refractivity contribution in [2.75, 3.05) is 20.1 Å². The predicted molar refractivity (Wildman–Crippen MR) is 143 cm³/mol. The zero-order valence-electron chi connectivity index (χ0n) is 21.4. The third-order valence-corrected chi connectivity index (χ3v) is 8.23. The number of allylic oxidation sites excluding steroid dienone is 3. The maximum absolute atomic E-state index is 17.9. The molecule has 2 heterocycles. The summed E-state index contributed by atoms with van der Waals surface area (Å²) < 4.78 is 33.0. The van der Waals surface area contributed by atoms with Crippen molar-refractivity contribution in [2.24, 2.45) is 17.2 Å². The number of quaternary nitrogens is 1. The van der Waals surface area contributed by atoms with Crippen LogP contribution in [-0.4, -0.2) is 87.1 Å². The molecule has 2 aromatic rings. The first-order valence-electron chi connectivity index (χ1n) is 12.0. The lowest BCUT2D eigenvalue weighted by molar-refractivity contribution is -0.157. The molecule has 1 aromatic carbocycles. The van der Waals surface area contributed by atoms with Crippen LogP contribution in [0.5, 0.6) is 0 Å². The molecule has 1 aliphatic carbocycles. The first kappa shape index (κ1) is 29.6. The average molecular weight is 596 g/mol. The number of likely N-dealkylation sites (tertiary alicyclic amines) is 1. The Labute approximate surface area is 235 Å². The van der Waals surface area contributed by atoms with Crippen LogP contribution in [0.1, 0.15) is 16.9 Å². The van der Waals surface area contributed by atoms with Gasteiger partial charge in [-0.2, -0.15) is 9.28 Å². The van der Waals surface area contributed by atoms with E-state index in [-0.39, 0.29) is 10.9 Å². The summed E-state index contributed by atoms with van der Waals surface area (Å²) in [5.41, 5.74) is 3.51. The number of benzene rings is 1. The van der Waals surface area contributed by atoms with Gasteiger partial charge >= 0.3 is 18.1 Å².